The van der Waals surface area contributed by atoms with Gasteiger partial charge in [-0.2, -0.15) is 0 Å². The largest absolute Gasteiger partial charge is 0.291 e. The van der Waals surface area contributed by atoms with Gasteiger partial charge in [-0.15, -0.1) is 21.5 Å². The molecular weight excluding hydrogens is 406 g/mol. The molecule has 1 aliphatic carbocycles. The number of Topliss-reactive ketones (excluding diaryl/α,β-unsaturated/α-hetero) is 1. The Morgan fingerprint density at radius 1 is 1.07 bits per heavy atom. The third kappa shape index (κ3) is 3.33. The molecule has 0 aliphatic heterocycles. The Hall–Kier alpha value is -3.26. The molecule has 0 amide bonds. The van der Waals surface area contributed by atoms with Gasteiger partial charge in [-0.3, -0.25) is 9.36 Å². The van der Waals surface area contributed by atoms with Crippen LogP contribution in [0, 0.1) is 11.6 Å². The summed E-state index contributed by atoms with van der Waals surface area (Å²) in [7, 11) is 0. The quantitative estimate of drug-likeness (QED) is 0.452. The van der Waals surface area contributed by atoms with E-state index in [1.165, 1.54) is 23.0 Å². The number of halogens is 2. The SMILES string of the molecule is O=C(Cc1c(F)cccc1F)c1nc2c(s1)-c1cc(-n3cnnc3)ccc1CCC2. The van der Waals surface area contributed by atoms with Gasteiger partial charge in [-0.25, -0.2) is 13.8 Å². The summed E-state index contributed by atoms with van der Waals surface area (Å²) >= 11 is 1.29. The number of rotatable bonds is 4. The van der Waals surface area contributed by atoms with Crippen LogP contribution in [0.4, 0.5) is 8.78 Å². The summed E-state index contributed by atoms with van der Waals surface area (Å²) in [5, 5.41) is 7.99. The number of carbonyl (C=O) groups is 1. The Kier molecular flexibility index (Phi) is 4.71. The number of aryl methyl sites for hydroxylation is 2. The van der Waals surface area contributed by atoms with Gasteiger partial charge in [-0.1, -0.05) is 12.1 Å². The van der Waals surface area contributed by atoms with E-state index in [-0.39, 0.29) is 22.8 Å². The number of fused-ring (bicyclic) bond motifs is 3. The van der Waals surface area contributed by atoms with Gasteiger partial charge < -0.3 is 0 Å². The summed E-state index contributed by atoms with van der Waals surface area (Å²) in [4.78, 5) is 18.3. The molecule has 0 unspecified atom stereocenters. The summed E-state index contributed by atoms with van der Waals surface area (Å²) in [5.74, 6) is -1.82. The number of aromatic nitrogens is 4. The number of benzene rings is 2. The topological polar surface area (TPSA) is 60.7 Å². The maximum Gasteiger partial charge on any atom is 0.195 e. The highest BCUT2D eigenvalue weighted by atomic mass is 32.1. The van der Waals surface area contributed by atoms with E-state index >= 15 is 0 Å². The summed E-state index contributed by atoms with van der Waals surface area (Å²) < 4.78 is 29.7. The summed E-state index contributed by atoms with van der Waals surface area (Å²) in [5.41, 5.74) is 3.78. The highest BCUT2D eigenvalue weighted by Gasteiger charge is 2.24. The summed E-state index contributed by atoms with van der Waals surface area (Å²) in [6, 6.07) is 9.74. The van der Waals surface area contributed by atoms with Crippen molar-refractivity contribution in [2.75, 3.05) is 0 Å². The molecule has 0 atom stereocenters. The number of nitrogens with zero attached hydrogens (tertiary/aromatic N) is 4. The fourth-order valence-electron chi connectivity index (χ4n) is 3.72. The molecule has 8 heteroatoms. The Morgan fingerprint density at radius 2 is 1.83 bits per heavy atom. The van der Waals surface area contributed by atoms with Gasteiger partial charge in [0.25, 0.3) is 0 Å². The van der Waals surface area contributed by atoms with E-state index in [0.717, 1.165) is 53.2 Å². The third-order valence-corrected chi connectivity index (χ3v) is 6.42. The van der Waals surface area contributed by atoms with Crippen molar-refractivity contribution in [1.29, 1.82) is 0 Å². The Balaban J connectivity index is 1.53. The van der Waals surface area contributed by atoms with Crippen LogP contribution in [0.1, 0.15) is 33.0 Å². The van der Waals surface area contributed by atoms with Crippen molar-refractivity contribution in [3.8, 4) is 16.1 Å². The van der Waals surface area contributed by atoms with Crippen molar-refractivity contribution in [3.63, 3.8) is 0 Å². The minimum absolute atomic E-state index is 0.219. The molecule has 2 heterocycles. The van der Waals surface area contributed by atoms with Crippen molar-refractivity contribution in [2.45, 2.75) is 25.7 Å². The molecule has 0 saturated carbocycles. The molecule has 0 saturated heterocycles. The number of ketones is 1. The average Bonchev–Trinajstić information content (AvgIpc) is 3.39. The Morgan fingerprint density at radius 3 is 2.60 bits per heavy atom. The zero-order valence-electron chi connectivity index (χ0n) is 15.8. The van der Waals surface area contributed by atoms with Crippen LogP contribution in [0.5, 0.6) is 0 Å². The van der Waals surface area contributed by atoms with Crippen molar-refractivity contribution >= 4 is 17.1 Å². The molecule has 30 heavy (non-hydrogen) atoms. The Bertz CT molecular complexity index is 1230. The van der Waals surface area contributed by atoms with E-state index in [1.54, 1.807) is 12.7 Å². The lowest BCUT2D eigenvalue weighted by atomic mass is 10.0. The van der Waals surface area contributed by atoms with Crippen LogP contribution in [0.3, 0.4) is 0 Å². The van der Waals surface area contributed by atoms with Crippen LogP contribution in [-0.2, 0) is 19.3 Å². The smallest absolute Gasteiger partial charge is 0.195 e. The van der Waals surface area contributed by atoms with E-state index in [1.807, 2.05) is 16.7 Å². The lowest BCUT2D eigenvalue weighted by molar-refractivity contribution is 0.0990. The molecule has 5 nitrogen and oxygen atoms in total. The predicted molar refractivity (Wildman–Crippen MR) is 109 cm³/mol. The van der Waals surface area contributed by atoms with E-state index in [2.05, 4.69) is 21.2 Å². The fourth-order valence-corrected chi connectivity index (χ4v) is 4.82. The van der Waals surface area contributed by atoms with Crippen LogP contribution in [0.15, 0.2) is 49.1 Å². The summed E-state index contributed by atoms with van der Waals surface area (Å²) in [6.45, 7) is 0. The number of hydrogen-bond acceptors (Lipinski definition) is 5. The molecule has 0 N–H and O–H groups in total. The van der Waals surface area contributed by atoms with Gasteiger partial charge in [0.05, 0.1) is 10.6 Å². The highest BCUT2D eigenvalue weighted by Crippen LogP contribution is 2.38. The molecular formula is C22H16F2N4OS. The number of carbonyl (C=O) groups excluding carboxylic acids is 1. The number of hydrogen-bond donors (Lipinski definition) is 0. The van der Waals surface area contributed by atoms with E-state index in [4.69, 9.17) is 0 Å². The minimum atomic E-state index is -0.717. The molecule has 2 aromatic heterocycles. The van der Waals surface area contributed by atoms with Crippen LogP contribution < -0.4 is 0 Å². The zero-order valence-corrected chi connectivity index (χ0v) is 16.6. The van der Waals surface area contributed by atoms with Gasteiger partial charge in [0.2, 0.25) is 0 Å². The fraction of sp³-hybridized carbons (Fsp3) is 0.182. The standard InChI is InChI=1S/C22H16F2N4OS/c23-17-4-2-5-18(24)16(17)10-20(29)22-27-19-6-1-3-13-7-8-14(28-11-25-26-12-28)9-15(13)21(19)30-22/h2,4-5,7-9,11-12H,1,3,6,10H2. The lowest BCUT2D eigenvalue weighted by Crippen LogP contribution is -2.07. The van der Waals surface area contributed by atoms with Gasteiger partial charge in [0, 0.05) is 17.7 Å². The van der Waals surface area contributed by atoms with Gasteiger partial charge in [0.15, 0.2) is 10.8 Å². The molecule has 0 fully saturated rings. The molecule has 4 aromatic rings. The molecule has 2 aromatic carbocycles. The monoisotopic (exact) mass is 422 g/mol. The molecule has 0 radical (unpaired) electrons. The van der Waals surface area contributed by atoms with Crippen molar-refractivity contribution in [3.05, 3.63) is 82.5 Å². The van der Waals surface area contributed by atoms with E-state index in [0.29, 0.717) is 0 Å². The second-order valence-electron chi connectivity index (χ2n) is 7.16. The van der Waals surface area contributed by atoms with Crippen LogP contribution in [0.25, 0.3) is 16.1 Å². The second-order valence-corrected chi connectivity index (χ2v) is 8.16. The van der Waals surface area contributed by atoms with Gasteiger partial charge >= 0.3 is 0 Å². The first kappa shape index (κ1) is 18.7. The van der Waals surface area contributed by atoms with Crippen LogP contribution >= 0.6 is 11.3 Å². The predicted octanol–water partition coefficient (Wildman–Crippen LogP) is 4.58. The normalized spacial score (nSPS) is 12.9. The van der Waals surface area contributed by atoms with Gasteiger partial charge in [-0.05, 0) is 54.7 Å². The Labute approximate surface area is 175 Å². The van der Waals surface area contributed by atoms with Crippen molar-refractivity contribution in [1.82, 2.24) is 19.7 Å². The van der Waals surface area contributed by atoms with Crippen LogP contribution in [-0.4, -0.2) is 25.5 Å². The molecule has 150 valence electrons. The first-order chi connectivity index (χ1) is 14.6. The van der Waals surface area contributed by atoms with Crippen molar-refractivity contribution < 1.29 is 13.6 Å². The van der Waals surface area contributed by atoms with Crippen LogP contribution in [0.2, 0.25) is 0 Å². The summed E-state index contributed by atoms with van der Waals surface area (Å²) in [6.07, 6.45) is 5.51. The molecule has 0 spiro atoms. The zero-order chi connectivity index (χ0) is 20.7. The van der Waals surface area contributed by atoms with Crippen molar-refractivity contribution in [2.24, 2.45) is 0 Å². The first-order valence-corrected chi connectivity index (χ1v) is 10.4. The lowest BCUT2D eigenvalue weighted by Gasteiger charge is -2.09. The maximum absolute atomic E-state index is 14.0. The first-order valence-electron chi connectivity index (χ1n) is 9.54. The third-order valence-electron chi connectivity index (χ3n) is 5.25. The number of thiazole rings is 1. The van der Waals surface area contributed by atoms with E-state index in [9.17, 15) is 13.6 Å². The second kappa shape index (κ2) is 7.53. The molecule has 1 aliphatic rings. The highest BCUT2D eigenvalue weighted by molar-refractivity contribution is 7.17. The molecule has 5 rings (SSSR count). The maximum atomic E-state index is 14.0. The minimum Gasteiger partial charge on any atom is -0.291 e. The molecule has 0 bridgehead atoms. The van der Waals surface area contributed by atoms with Gasteiger partial charge in [0.1, 0.15) is 24.3 Å². The van der Waals surface area contributed by atoms with E-state index < -0.39 is 11.6 Å². The average molecular weight is 422 g/mol.